The molecule has 0 heterocycles. The zero-order valence-corrected chi connectivity index (χ0v) is 11.9. The fourth-order valence-corrected chi connectivity index (χ4v) is 2.08. The molecule has 0 aromatic rings. The second kappa shape index (κ2) is 7.84. The normalized spacial score (nSPS) is 21.1. The first kappa shape index (κ1) is 14.7. The van der Waals surface area contributed by atoms with Gasteiger partial charge in [-0.1, -0.05) is 22.0 Å². The summed E-state index contributed by atoms with van der Waals surface area (Å²) >= 11 is 3.33. The maximum absolute atomic E-state index is 11.7. The molecule has 0 saturated carbocycles. The summed E-state index contributed by atoms with van der Waals surface area (Å²) in [5.74, 6) is -0.278. The Morgan fingerprint density at radius 1 is 1.53 bits per heavy atom. The van der Waals surface area contributed by atoms with Crippen LogP contribution in [0.1, 0.15) is 26.7 Å². The number of esters is 1. The van der Waals surface area contributed by atoms with Gasteiger partial charge in [-0.05, 0) is 26.7 Å². The van der Waals surface area contributed by atoms with Gasteiger partial charge in [0, 0.05) is 6.61 Å². The number of halogens is 1. The zero-order chi connectivity index (χ0) is 12.7. The molecule has 0 aliphatic heterocycles. The van der Waals surface area contributed by atoms with Gasteiger partial charge in [0.2, 0.25) is 0 Å². The van der Waals surface area contributed by atoms with E-state index in [9.17, 15) is 4.79 Å². The Hall–Kier alpha value is -0.390. The van der Waals surface area contributed by atoms with Crippen molar-refractivity contribution in [3.63, 3.8) is 0 Å². The fraction of sp³-hybridized carbons (Fsp3) is 0.750. The number of hydrogen-bond acceptors (Lipinski definition) is 4. The summed E-state index contributed by atoms with van der Waals surface area (Å²) in [6, 6.07) is 0. The molecule has 1 rings (SSSR count). The monoisotopic (exact) mass is 306 g/mol. The standard InChI is InChI=1S/C12H19BrO4/c1-3-15-11(8-13)17-10-7-5-6-9(10)12(14)16-4-2/h6,10-11H,3-5,7-8H2,1-2H3/t10-,11?/m0/s1. The van der Waals surface area contributed by atoms with Crippen molar-refractivity contribution >= 4 is 21.9 Å². The third-order valence-corrected chi connectivity index (χ3v) is 2.97. The van der Waals surface area contributed by atoms with Crippen LogP contribution in [0.15, 0.2) is 11.6 Å². The Morgan fingerprint density at radius 3 is 2.88 bits per heavy atom. The number of carbonyl (C=O) groups excluding carboxylic acids is 1. The van der Waals surface area contributed by atoms with Crippen molar-refractivity contribution in [2.45, 2.75) is 39.1 Å². The van der Waals surface area contributed by atoms with Crippen LogP contribution in [0.2, 0.25) is 0 Å². The lowest BCUT2D eigenvalue weighted by atomic mass is 10.2. The second-order valence-electron chi connectivity index (χ2n) is 3.62. The molecular formula is C12H19BrO4. The maximum atomic E-state index is 11.7. The first-order valence-electron chi connectivity index (χ1n) is 5.93. The lowest BCUT2D eigenvalue weighted by Crippen LogP contribution is -2.28. The average Bonchev–Trinajstić information content (AvgIpc) is 2.77. The Kier molecular flexibility index (Phi) is 6.77. The van der Waals surface area contributed by atoms with Gasteiger partial charge < -0.3 is 14.2 Å². The molecule has 2 atom stereocenters. The second-order valence-corrected chi connectivity index (χ2v) is 4.27. The van der Waals surface area contributed by atoms with Crippen LogP contribution in [-0.4, -0.2) is 36.9 Å². The number of ether oxygens (including phenoxy) is 3. The van der Waals surface area contributed by atoms with Gasteiger partial charge in [0.25, 0.3) is 0 Å². The molecule has 17 heavy (non-hydrogen) atoms. The summed E-state index contributed by atoms with van der Waals surface area (Å²) in [4.78, 5) is 11.7. The lowest BCUT2D eigenvalue weighted by molar-refractivity contribution is -0.154. The summed E-state index contributed by atoms with van der Waals surface area (Å²) in [7, 11) is 0. The third kappa shape index (κ3) is 4.41. The lowest BCUT2D eigenvalue weighted by Gasteiger charge is -2.21. The van der Waals surface area contributed by atoms with Crippen molar-refractivity contribution in [1.29, 1.82) is 0 Å². The van der Waals surface area contributed by atoms with E-state index in [1.807, 2.05) is 13.0 Å². The van der Waals surface area contributed by atoms with E-state index in [-0.39, 0.29) is 18.4 Å². The van der Waals surface area contributed by atoms with Crippen molar-refractivity contribution in [1.82, 2.24) is 0 Å². The Balaban J connectivity index is 2.53. The van der Waals surface area contributed by atoms with E-state index in [4.69, 9.17) is 14.2 Å². The molecule has 0 radical (unpaired) electrons. The average molecular weight is 307 g/mol. The van der Waals surface area contributed by atoms with Crippen molar-refractivity contribution in [2.75, 3.05) is 18.5 Å². The molecule has 0 bridgehead atoms. The summed E-state index contributed by atoms with van der Waals surface area (Å²) in [5.41, 5.74) is 0.623. The number of allylic oxidation sites excluding steroid dienone is 1. The molecule has 0 N–H and O–H groups in total. The van der Waals surface area contributed by atoms with E-state index in [1.54, 1.807) is 6.92 Å². The molecule has 0 saturated heterocycles. The Bertz CT molecular complexity index is 278. The largest absolute Gasteiger partial charge is 0.463 e. The molecular weight excluding hydrogens is 288 g/mol. The highest BCUT2D eigenvalue weighted by molar-refractivity contribution is 9.09. The van der Waals surface area contributed by atoms with Crippen LogP contribution >= 0.6 is 15.9 Å². The summed E-state index contributed by atoms with van der Waals surface area (Å²) in [6.07, 6.45) is 3.02. The minimum absolute atomic E-state index is 0.205. The molecule has 1 aliphatic rings. The van der Waals surface area contributed by atoms with Crippen molar-refractivity contribution < 1.29 is 19.0 Å². The van der Waals surface area contributed by atoms with Gasteiger partial charge >= 0.3 is 5.97 Å². The van der Waals surface area contributed by atoms with Gasteiger partial charge in [-0.3, -0.25) is 0 Å². The summed E-state index contributed by atoms with van der Waals surface area (Å²) in [5, 5.41) is 0.591. The smallest absolute Gasteiger partial charge is 0.336 e. The van der Waals surface area contributed by atoms with Crippen LogP contribution < -0.4 is 0 Å². The maximum Gasteiger partial charge on any atom is 0.336 e. The Morgan fingerprint density at radius 2 is 2.29 bits per heavy atom. The molecule has 98 valence electrons. The van der Waals surface area contributed by atoms with E-state index in [2.05, 4.69) is 15.9 Å². The highest BCUT2D eigenvalue weighted by Gasteiger charge is 2.29. The molecule has 1 aliphatic carbocycles. The molecule has 5 heteroatoms. The van der Waals surface area contributed by atoms with Gasteiger partial charge in [-0.2, -0.15) is 0 Å². The number of carbonyl (C=O) groups is 1. The fourth-order valence-electron chi connectivity index (χ4n) is 1.74. The highest BCUT2D eigenvalue weighted by Crippen LogP contribution is 2.25. The number of rotatable bonds is 7. The SMILES string of the molecule is CCOC(=O)C1=CCC[C@@H]1OC(CBr)OCC. The molecule has 1 unspecified atom stereocenters. The van der Waals surface area contributed by atoms with E-state index >= 15 is 0 Å². The molecule has 4 nitrogen and oxygen atoms in total. The predicted molar refractivity (Wildman–Crippen MR) is 68.0 cm³/mol. The van der Waals surface area contributed by atoms with E-state index in [0.29, 0.717) is 24.1 Å². The molecule has 0 fully saturated rings. The topological polar surface area (TPSA) is 44.8 Å². The van der Waals surface area contributed by atoms with Gasteiger partial charge in [-0.15, -0.1) is 0 Å². The highest BCUT2D eigenvalue weighted by atomic mass is 79.9. The first-order chi connectivity index (χ1) is 8.22. The third-order valence-electron chi connectivity index (χ3n) is 2.45. The van der Waals surface area contributed by atoms with E-state index in [1.165, 1.54) is 0 Å². The molecule has 0 aromatic carbocycles. The van der Waals surface area contributed by atoms with Crippen LogP contribution in [0.25, 0.3) is 0 Å². The van der Waals surface area contributed by atoms with Gasteiger partial charge in [0.15, 0.2) is 6.29 Å². The minimum Gasteiger partial charge on any atom is -0.463 e. The van der Waals surface area contributed by atoms with Gasteiger partial charge in [0.05, 0.1) is 23.6 Å². The first-order valence-corrected chi connectivity index (χ1v) is 7.05. The van der Waals surface area contributed by atoms with Crippen LogP contribution in [0.3, 0.4) is 0 Å². The molecule has 0 spiro atoms. The minimum atomic E-state index is -0.319. The van der Waals surface area contributed by atoms with Crippen LogP contribution in [0.4, 0.5) is 0 Å². The van der Waals surface area contributed by atoms with Gasteiger partial charge in [-0.25, -0.2) is 4.79 Å². The quantitative estimate of drug-likeness (QED) is 0.412. The zero-order valence-electron chi connectivity index (χ0n) is 10.3. The Labute approximate surface area is 110 Å². The van der Waals surface area contributed by atoms with Crippen molar-refractivity contribution in [3.8, 4) is 0 Å². The van der Waals surface area contributed by atoms with Crippen LogP contribution in [0.5, 0.6) is 0 Å². The van der Waals surface area contributed by atoms with E-state index < -0.39 is 0 Å². The number of alkyl halides is 1. The summed E-state index contributed by atoms with van der Waals surface area (Å²) in [6.45, 7) is 4.68. The van der Waals surface area contributed by atoms with E-state index in [0.717, 1.165) is 12.8 Å². The van der Waals surface area contributed by atoms with Gasteiger partial charge in [0.1, 0.15) is 0 Å². The van der Waals surface area contributed by atoms with Crippen LogP contribution in [-0.2, 0) is 19.0 Å². The predicted octanol–water partition coefficient (Wildman–Crippen LogP) is 2.41. The van der Waals surface area contributed by atoms with Crippen LogP contribution in [0, 0.1) is 0 Å². The number of hydrogen-bond donors (Lipinski definition) is 0. The van der Waals surface area contributed by atoms with Crippen molar-refractivity contribution in [2.24, 2.45) is 0 Å². The summed E-state index contributed by atoms with van der Waals surface area (Å²) < 4.78 is 16.1. The molecule has 0 amide bonds. The molecule has 0 aromatic heterocycles. The van der Waals surface area contributed by atoms with Crippen molar-refractivity contribution in [3.05, 3.63) is 11.6 Å².